The largest absolute Gasteiger partial charge is 0.393 e. The van der Waals surface area contributed by atoms with E-state index in [2.05, 4.69) is 0 Å². The number of hydrogen-bond donors (Lipinski definition) is 2. The van der Waals surface area contributed by atoms with Crippen molar-refractivity contribution < 1.29 is 10.2 Å². The molecule has 0 aliphatic rings. The third kappa shape index (κ3) is 4.10. The molecule has 80 valence electrons. The Morgan fingerprint density at radius 1 is 1.15 bits per heavy atom. The molecule has 2 nitrogen and oxygen atoms in total. The molecule has 0 aliphatic heterocycles. The van der Waals surface area contributed by atoms with E-state index in [-0.39, 0.29) is 17.4 Å². The molecule has 2 heteroatoms. The van der Waals surface area contributed by atoms with E-state index < -0.39 is 6.10 Å². The molecule has 0 aliphatic carbocycles. The molecule has 0 fully saturated rings. The van der Waals surface area contributed by atoms with Gasteiger partial charge in [0.25, 0.3) is 0 Å². The molecule has 0 spiro atoms. The van der Waals surface area contributed by atoms with Crippen LogP contribution in [0.5, 0.6) is 0 Å². The molecule has 0 heterocycles. The van der Waals surface area contributed by atoms with E-state index >= 15 is 0 Å². The van der Waals surface area contributed by atoms with Crippen molar-refractivity contribution in [3.05, 3.63) is 0 Å². The Balaban J connectivity index is 4.16. The topological polar surface area (TPSA) is 40.5 Å². The molecule has 0 saturated carbocycles. The standard InChI is InChI=1S/C11H24O2/c1-6-7-9(12)8(2)10(13)11(3,4)5/h8-10,12-13H,6-7H2,1-5H3. The number of hydrogen-bond acceptors (Lipinski definition) is 2. The molecule has 13 heavy (non-hydrogen) atoms. The van der Waals surface area contributed by atoms with Gasteiger partial charge in [-0.3, -0.25) is 0 Å². The molecule has 2 N–H and O–H groups in total. The molecule has 0 saturated heterocycles. The first-order valence-electron chi connectivity index (χ1n) is 5.16. The van der Waals surface area contributed by atoms with Gasteiger partial charge in [-0.15, -0.1) is 0 Å². The summed E-state index contributed by atoms with van der Waals surface area (Å²) in [5, 5.41) is 19.6. The van der Waals surface area contributed by atoms with Crippen molar-refractivity contribution in [2.75, 3.05) is 0 Å². The molecule has 0 aromatic heterocycles. The summed E-state index contributed by atoms with van der Waals surface area (Å²) in [6.45, 7) is 9.93. The second-order valence-corrected chi connectivity index (χ2v) is 5.03. The fraction of sp³-hybridized carbons (Fsp3) is 1.00. The van der Waals surface area contributed by atoms with Gasteiger partial charge >= 0.3 is 0 Å². The van der Waals surface area contributed by atoms with Gasteiger partial charge in [0, 0.05) is 5.92 Å². The zero-order chi connectivity index (χ0) is 10.6. The predicted molar refractivity (Wildman–Crippen MR) is 55.5 cm³/mol. The van der Waals surface area contributed by atoms with Crippen molar-refractivity contribution in [1.82, 2.24) is 0 Å². The maximum Gasteiger partial charge on any atom is 0.0638 e. The van der Waals surface area contributed by atoms with Crippen LogP contribution >= 0.6 is 0 Å². The Morgan fingerprint density at radius 3 is 1.92 bits per heavy atom. The van der Waals surface area contributed by atoms with Crippen molar-refractivity contribution in [3.63, 3.8) is 0 Å². The lowest BCUT2D eigenvalue weighted by molar-refractivity contribution is -0.0381. The lowest BCUT2D eigenvalue weighted by Crippen LogP contribution is -2.38. The number of rotatable bonds is 4. The lowest BCUT2D eigenvalue weighted by atomic mass is 9.79. The minimum atomic E-state index is -0.436. The zero-order valence-electron chi connectivity index (χ0n) is 9.54. The Hall–Kier alpha value is -0.0800. The molecule has 0 bridgehead atoms. The third-order valence-corrected chi connectivity index (χ3v) is 2.58. The van der Waals surface area contributed by atoms with Crippen LogP contribution in [0.1, 0.15) is 47.5 Å². The van der Waals surface area contributed by atoms with Gasteiger partial charge in [-0.2, -0.15) is 0 Å². The third-order valence-electron chi connectivity index (χ3n) is 2.58. The van der Waals surface area contributed by atoms with E-state index in [1.807, 2.05) is 34.6 Å². The first-order valence-corrected chi connectivity index (χ1v) is 5.16. The van der Waals surface area contributed by atoms with Gasteiger partial charge in [-0.25, -0.2) is 0 Å². The highest BCUT2D eigenvalue weighted by Crippen LogP contribution is 2.27. The van der Waals surface area contributed by atoms with Crippen LogP contribution in [-0.4, -0.2) is 22.4 Å². The quantitative estimate of drug-likeness (QED) is 0.710. The zero-order valence-corrected chi connectivity index (χ0v) is 9.54. The van der Waals surface area contributed by atoms with Crippen LogP contribution in [0.3, 0.4) is 0 Å². The first kappa shape index (κ1) is 12.9. The maximum absolute atomic E-state index is 9.89. The van der Waals surface area contributed by atoms with Gasteiger partial charge in [0.05, 0.1) is 12.2 Å². The molecule has 3 unspecified atom stereocenters. The van der Waals surface area contributed by atoms with E-state index in [4.69, 9.17) is 0 Å². The van der Waals surface area contributed by atoms with Crippen molar-refractivity contribution in [2.45, 2.75) is 59.7 Å². The van der Waals surface area contributed by atoms with Gasteiger partial charge in [-0.1, -0.05) is 41.0 Å². The Kier molecular flexibility index (Phi) is 4.93. The van der Waals surface area contributed by atoms with Crippen LogP contribution < -0.4 is 0 Å². The van der Waals surface area contributed by atoms with E-state index in [0.717, 1.165) is 12.8 Å². The molecular weight excluding hydrogens is 164 g/mol. The maximum atomic E-state index is 9.89. The molecule has 0 amide bonds. The first-order chi connectivity index (χ1) is 5.80. The molecule has 0 aromatic rings. The van der Waals surface area contributed by atoms with Gasteiger partial charge in [-0.05, 0) is 11.8 Å². The van der Waals surface area contributed by atoms with Crippen molar-refractivity contribution in [1.29, 1.82) is 0 Å². The summed E-state index contributed by atoms with van der Waals surface area (Å²) < 4.78 is 0. The normalized spacial score (nSPS) is 19.6. The minimum absolute atomic E-state index is 0.0417. The lowest BCUT2D eigenvalue weighted by Gasteiger charge is -2.33. The minimum Gasteiger partial charge on any atom is -0.393 e. The average Bonchev–Trinajstić information content (AvgIpc) is 2.00. The molecule has 0 rings (SSSR count). The van der Waals surface area contributed by atoms with Gasteiger partial charge in [0.15, 0.2) is 0 Å². The highest BCUT2D eigenvalue weighted by atomic mass is 16.3. The van der Waals surface area contributed by atoms with Crippen molar-refractivity contribution in [2.24, 2.45) is 11.3 Å². The molecule has 3 atom stereocenters. The van der Waals surface area contributed by atoms with Gasteiger partial charge in [0.2, 0.25) is 0 Å². The predicted octanol–water partition coefficient (Wildman–Crippen LogP) is 2.19. The summed E-state index contributed by atoms with van der Waals surface area (Å²) in [5.74, 6) is -0.0417. The van der Waals surface area contributed by atoms with E-state index in [0.29, 0.717) is 0 Å². The fourth-order valence-electron chi connectivity index (χ4n) is 1.56. The Morgan fingerprint density at radius 2 is 1.62 bits per heavy atom. The summed E-state index contributed by atoms with van der Waals surface area (Å²) in [5.41, 5.74) is -0.145. The molecular formula is C11H24O2. The van der Waals surface area contributed by atoms with Gasteiger partial charge in [0.1, 0.15) is 0 Å². The second kappa shape index (κ2) is 4.97. The van der Waals surface area contributed by atoms with Gasteiger partial charge < -0.3 is 10.2 Å². The number of aliphatic hydroxyl groups excluding tert-OH is 2. The summed E-state index contributed by atoms with van der Waals surface area (Å²) in [6, 6.07) is 0. The molecule has 0 aromatic carbocycles. The average molecular weight is 188 g/mol. The Bertz CT molecular complexity index is 138. The second-order valence-electron chi connectivity index (χ2n) is 5.03. The summed E-state index contributed by atoms with van der Waals surface area (Å²) in [7, 11) is 0. The van der Waals surface area contributed by atoms with Crippen LogP contribution in [-0.2, 0) is 0 Å². The fourth-order valence-corrected chi connectivity index (χ4v) is 1.56. The van der Waals surface area contributed by atoms with Crippen molar-refractivity contribution in [3.8, 4) is 0 Å². The van der Waals surface area contributed by atoms with E-state index in [9.17, 15) is 10.2 Å². The monoisotopic (exact) mass is 188 g/mol. The molecule has 0 radical (unpaired) electrons. The van der Waals surface area contributed by atoms with E-state index in [1.54, 1.807) is 0 Å². The van der Waals surface area contributed by atoms with E-state index in [1.165, 1.54) is 0 Å². The van der Waals surface area contributed by atoms with Crippen LogP contribution in [0.2, 0.25) is 0 Å². The van der Waals surface area contributed by atoms with Crippen LogP contribution in [0.15, 0.2) is 0 Å². The summed E-state index contributed by atoms with van der Waals surface area (Å²) in [4.78, 5) is 0. The van der Waals surface area contributed by atoms with Crippen molar-refractivity contribution >= 4 is 0 Å². The summed E-state index contributed by atoms with van der Waals surface area (Å²) in [6.07, 6.45) is 0.921. The SMILES string of the molecule is CCCC(O)C(C)C(O)C(C)(C)C. The van der Waals surface area contributed by atoms with Crippen LogP contribution in [0, 0.1) is 11.3 Å². The Labute approximate surface area is 82.0 Å². The summed E-state index contributed by atoms with van der Waals surface area (Å²) >= 11 is 0. The smallest absolute Gasteiger partial charge is 0.0638 e. The number of aliphatic hydroxyl groups is 2. The highest BCUT2D eigenvalue weighted by molar-refractivity contribution is 4.81. The van der Waals surface area contributed by atoms with Crippen LogP contribution in [0.25, 0.3) is 0 Å². The van der Waals surface area contributed by atoms with Crippen LogP contribution in [0.4, 0.5) is 0 Å². The highest BCUT2D eigenvalue weighted by Gasteiger charge is 2.31.